The highest BCUT2D eigenvalue weighted by molar-refractivity contribution is 5.77. The van der Waals surface area contributed by atoms with Gasteiger partial charge in [0.2, 0.25) is 5.91 Å². The Morgan fingerprint density at radius 3 is 1.25 bits per heavy atom. The zero-order valence-corrected chi connectivity index (χ0v) is 42.0. The molecule has 3 atom stereocenters. The van der Waals surface area contributed by atoms with Gasteiger partial charge in [-0.05, 0) is 64.2 Å². The van der Waals surface area contributed by atoms with Crippen molar-refractivity contribution in [1.29, 1.82) is 0 Å². The summed E-state index contributed by atoms with van der Waals surface area (Å²) in [4.78, 5) is 26.2. The van der Waals surface area contributed by atoms with Gasteiger partial charge in [0.05, 0.1) is 25.2 Å². The Kier molecular flexibility index (Phi) is 49.1. The molecule has 0 saturated carbocycles. The van der Waals surface area contributed by atoms with E-state index in [0.717, 1.165) is 70.6 Å². The van der Waals surface area contributed by atoms with Crippen LogP contribution in [0.2, 0.25) is 0 Å². The van der Waals surface area contributed by atoms with Gasteiger partial charge >= 0.3 is 5.97 Å². The van der Waals surface area contributed by atoms with E-state index in [4.69, 9.17) is 4.74 Å². The number of ether oxygens (including phenoxy) is 1. The third-order valence-electron chi connectivity index (χ3n) is 12.4. The van der Waals surface area contributed by atoms with Gasteiger partial charge in [-0.3, -0.25) is 9.59 Å². The average molecular weight is 884 g/mol. The zero-order valence-electron chi connectivity index (χ0n) is 42.0. The number of amides is 1. The van der Waals surface area contributed by atoms with Gasteiger partial charge in [0.15, 0.2) is 0 Å². The maximum atomic E-state index is 13.2. The monoisotopic (exact) mass is 884 g/mol. The highest BCUT2D eigenvalue weighted by Gasteiger charge is 2.24. The summed E-state index contributed by atoms with van der Waals surface area (Å²) >= 11 is 0. The van der Waals surface area contributed by atoms with Crippen LogP contribution < -0.4 is 5.32 Å². The van der Waals surface area contributed by atoms with E-state index in [-0.39, 0.29) is 24.9 Å². The molecule has 368 valence electrons. The van der Waals surface area contributed by atoms with Gasteiger partial charge in [0.25, 0.3) is 0 Å². The summed E-state index contributed by atoms with van der Waals surface area (Å²) in [6, 6.07) is -0.716. The maximum absolute atomic E-state index is 13.2. The van der Waals surface area contributed by atoms with Crippen LogP contribution in [0.4, 0.5) is 0 Å². The molecule has 0 bridgehead atoms. The Labute approximate surface area is 391 Å². The molecule has 0 aromatic rings. The fourth-order valence-electron chi connectivity index (χ4n) is 8.24. The van der Waals surface area contributed by atoms with Gasteiger partial charge in [0, 0.05) is 6.42 Å². The molecule has 0 heterocycles. The Morgan fingerprint density at radius 2 is 0.825 bits per heavy atom. The molecule has 0 spiro atoms. The molecule has 6 heteroatoms. The summed E-state index contributed by atoms with van der Waals surface area (Å²) in [6.45, 7) is 6.44. The second-order valence-electron chi connectivity index (χ2n) is 18.6. The standard InChI is InChI=1S/C57H105NO5/c1-4-7-10-13-16-19-21-23-25-27-29-31-33-35-38-41-44-47-50-57(62)63-53(48-45-42-39-37-34-32-30-28-26-24-22-20-17-14-11-8-5-2)51-56(61)58-54(52-59)55(60)49-46-43-40-36-18-15-12-9-6-3/h17,20,24,26,30,32,37,39,53-55,59-60H,4-16,18-19,21-23,25,27-29,31,33-36,38,40-52H2,1-3H3,(H,58,61)/b20-17-,26-24-,32-30-,39-37-. The lowest BCUT2D eigenvalue weighted by molar-refractivity contribution is -0.151. The minimum atomic E-state index is -0.800. The second-order valence-corrected chi connectivity index (χ2v) is 18.6. The van der Waals surface area contributed by atoms with Crippen LogP contribution in [0.1, 0.15) is 278 Å². The third-order valence-corrected chi connectivity index (χ3v) is 12.4. The van der Waals surface area contributed by atoms with E-state index >= 15 is 0 Å². The van der Waals surface area contributed by atoms with Crippen LogP contribution in [0, 0.1) is 0 Å². The van der Waals surface area contributed by atoms with Gasteiger partial charge in [-0.25, -0.2) is 0 Å². The molecule has 0 rings (SSSR count). The number of hydrogen-bond donors (Lipinski definition) is 3. The van der Waals surface area contributed by atoms with Crippen LogP contribution in [0.3, 0.4) is 0 Å². The predicted molar refractivity (Wildman–Crippen MR) is 273 cm³/mol. The normalized spacial score (nSPS) is 13.5. The van der Waals surface area contributed by atoms with Gasteiger partial charge in [-0.15, -0.1) is 0 Å². The molecule has 63 heavy (non-hydrogen) atoms. The fourth-order valence-corrected chi connectivity index (χ4v) is 8.24. The smallest absolute Gasteiger partial charge is 0.306 e. The highest BCUT2D eigenvalue weighted by Crippen LogP contribution is 2.18. The van der Waals surface area contributed by atoms with Crippen molar-refractivity contribution < 1.29 is 24.5 Å². The summed E-state index contributed by atoms with van der Waals surface area (Å²) in [6.07, 6.45) is 61.8. The number of carbonyl (C=O) groups excluding carboxylic acids is 2. The topological polar surface area (TPSA) is 95.9 Å². The molecule has 3 N–H and O–H groups in total. The van der Waals surface area contributed by atoms with Crippen molar-refractivity contribution in [3.05, 3.63) is 48.6 Å². The molecule has 1 amide bonds. The first-order chi connectivity index (χ1) is 31.0. The van der Waals surface area contributed by atoms with E-state index in [2.05, 4.69) is 74.7 Å². The molecule has 0 radical (unpaired) electrons. The lowest BCUT2D eigenvalue weighted by Crippen LogP contribution is -2.46. The Bertz CT molecular complexity index is 1080. The lowest BCUT2D eigenvalue weighted by Gasteiger charge is -2.24. The third kappa shape index (κ3) is 46.2. The molecule has 0 aromatic carbocycles. The Balaban J connectivity index is 4.61. The zero-order chi connectivity index (χ0) is 45.9. The highest BCUT2D eigenvalue weighted by atomic mass is 16.5. The van der Waals surface area contributed by atoms with Gasteiger partial charge in [0.1, 0.15) is 6.10 Å². The number of unbranched alkanes of at least 4 members (excludes halogenated alkanes) is 29. The number of rotatable bonds is 49. The molecule has 0 aliphatic heterocycles. The van der Waals surface area contributed by atoms with Gasteiger partial charge in [-0.2, -0.15) is 0 Å². The fraction of sp³-hybridized carbons (Fsp3) is 0.825. The molecule has 0 aliphatic carbocycles. The molecular formula is C57H105NO5. The molecule has 3 unspecified atom stereocenters. The summed E-state index contributed by atoms with van der Waals surface area (Å²) < 4.78 is 5.92. The van der Waals surface area contributed by atoms with E-state index in [9.17, 15) is 19.8 Å². The SMILES string of the molecule is CCCCC/C=C\C/C=C\C/C=C\C/C=C\CCCC(CC(=O)NC(CO)C(O)CCCCCCCCCCC)OC(=O)CCCCCCCCCCCCCCCCCCCC. The minimum absolute atomic E-state index is 0.0424. The molecular weight excluding hydrogens is 779 g/mol. The quantitative estimate of drug-likeness (QED) is 0.0321. The molecule has 0 fully saturated rings. The molecule has 0 saturated heterocycles. The van der Waals surface area contributed by atoms with Crippen molar-refractivity contribution in [3.63, 3.8) is 0 Å². The van der Waals surface area contributed by atoms with Crippen LogP contribution in [0.5, 0.6) is 0 Å². The first kappa shape index (κ1) is 60.8. The first-order valence-corrected chi connectivity index (χ1v) is 27.4. The number of carbonyl (C=O) groups is 2. The Hall–Kier alpha value is -2.18. The molecule has 6 nitrogen and oxygen atoms in total. The van der Waals surface area contributed by atoms with Crippen molar-refractivity contribution in [2.24, 2.45) is 0 Å². The first-order valence-electron chi connectivity index (χ1n) is 27.4. The van der Waals surface area contributed by atoms with E-state index in [1.807, 2.05) is 0 Å². The summed E-state index contributed by atoms with van der Waals surface area (Å²) in [5.41, 5.74) is 0. The number of esters is 1. The number of nitrogens with one attached hydrogen (secondary N) is 1. The van der Waals surface area contributed by atoms with Crippen molar-refractivity contribution in [3.8, 4) is 0 Å². The number of hydrogen-bond acceptors (Lipinski definition) is 5. The van der Waals surface area contributed by atoms with Crippen molar-refractivity contribution in [1.82, 2.24) is 5.32 Å². The van der Waals surface area contributed by atoms with Crippen LogP contribution >= 0.6 is 0 Å². The molecule has 0 aromatic heterocycles. The van der Waals surface area contributed by atoms with Crippen LogP contribution in [-0.2, 0) is 14.3 Å². The number of aliphatic hydroxyl groups excluding tert-OH is 2. The van der Waals surface area contributed by atoms with E-state index in [1.165, 1.54) is 161 Å². The summed E-state index contributed by atoms with van der Waals surface area (Å²) in [5, 5.41) is 23.7. The van der Waals surface area contributed by atoms with Crippen molar-refractivity contribution in [2.75, 3.05) is 6.61 Å². The summed E-state index contributed by atoms with van der Waals surface area (Å²) in [5.74, 6) is -0.519. The van der Waals surface area contributed by atoms with Gasteiger partial charge in [-0.1, -0.05) is 249 Å². The van der Waals surface area contributed by atoms with E-state index in [0.29, 0.717) is 19.3 Å². The minimum Gasteiger partial charge on any atom is -0.462 e. The largest absolute Gasteiger partial charge is 0.462 e. The summed E-state index contributed by atoms with van der Waals surface area (Å²) in [7, 11) is 0. The number of allylic oxidation sites excluding steroid dienone is 8. The lowest BCUT2D eigenvalue weighted by atomic mass is 10.0. The number of aliphatic hydroxyl groups is 2. The Morgan fingerprint density at radius 1 is 0.460 bits per heavy atom. The maximum Gasteiger partial charge on any atom is 0.306 e. The van der Waals surface area contributed by atoms with Crippen LogP contribution in [-0.4, -0.2) is 46.9 Å². The second kappa shape index (κ2) is 50.8. The van der Waals surface area contributed by atoms with E-state index in [1.54, 1.807) is 0 Å². The van der Waals surface area contributed by atoms with Crippen molar-refractivity contribution >= 4 is 11.9 Å². The predicted octanol–water partition coefficient (Wildman–Crippen LogP) is 16.6. The average Bonchev–Trinajstić information content (AvgIpc) is 3.28. The van der Waals surface area contributed by atoms with Crippen LogP contribution in [0.15, 0.2) is 48.6 Å². The van der Waals surface area contributed by atoms with Gasteiger partial charge < -0.3 is 20.3 Å². The van der Waals surface area contributed by atoms with Crippen LogP contribution in [0.25, 0.3) is 0 Å². The molecule has 0 aliphatic rings. The van der Waals surface area contributed by atoms with E-state index < -0.39 is 18.2 Å². The van der Waals surface area contributed by atoms with Crippen molar-refractivity contribution in [2.45, 2.75) is 296 Å².